The molecule has 0 spiro atoms. The smallest absolute Gasteiger partial charge is 0.133 e. The van der Waals surface area contributed by atoms with Crippen molar-refractivity contribution in [1.29, 1.82) is 0 Å². The highest BCUT2D eigenvalue weighted by molar-refractivity contribution is 5.12. The summed E-state index contributed by atoms with van der Waals surface area (Å²) in [6.45, 7) is 6.96. The van der Waals surface area contributed by atoms with E-state index in [9.17, 15) is 10.2 Å². The van der Waals surface area contributed by atoms with E-state index in [0.717, 1.165) is 17.1 Å². The molecule has 4 unspecified atom stereocenters. The Morgan fingerprint density at radius 3 is 2.67 bits per heavy atom. The van der Waals surface area contributed by atoms with E-state index in [4.69, 9.17) is 4.98 Å². The van der Waals surface area contributed by atoms with Crippen molar-refractivity contribution in [2.45, 2.75) is 57.7 Å². The van der Waals surface area contributed by atoms with E-state index in [1.165, 1.54) is 0 Å². The van der Waals surface area contributed by atoms with Gasteiger partial charge >= 0.3 is 0 Å². The van der Waals surface area contributed by atoms with Gasteiger partial charge in [-0.05, 0) is 36.5 Å². The molecule has 0 aliphatic heterocycles. The van der Waals surface area contributed by atoms with Gasteiger partial charge in [0.1, 0.15) is 5.82 Å². The Hall–Kier alpha value is -1.89. The van der Waals surface area contributed by atoms with Gasteiger partial charge in [-0.2, -0.15) is 0 Å². The van der Waals surface area contributed by atoms with Crippen molar-refractivity contribution in [3.63, 3.8) is 0 Å². The van der Waals surface area contributed by atoms with E-state index in [0.29, 0.717) is 19.4 Å². The Balaban J connectivity index is 1.75. The molecule has 2 heterocycles. The standard InChI is InChI=1S/C21H30N4O2/c1-21(2,3)20-23-8-6-15(25-20)9-16-17(13-26)19(27)10-18(16)24-12-14-5-4-7-22-11-14/h4-8,11,16-19,24,26-27H,9-10,12-13H2,1-3H3. The number of aliphatic hydroxyl groups is 2. The van der Waals surface area contributed by atoms with Gasteiger partial charge in [0, 0.05) is 54.8 Å². The van der Waals surface area contributed by atoms with Gasteiger partial charge in [0.05, 0.1) is 6.10 Å². The highest BCUT2D eigenvalue weighted by Crippen LogP contribution is 2.35. The lowest BCUT2D eigenvalue weighted by Gasteiger charge is -2.25. The molecule has 2 aromatic rings. The number of hydrogen-bond donors (Lipinski definition) is 3. The fourth-order valence-electron chi connectivity index (χ4n) is 3.84. The molecule has 0 aromatic carbocycles. The predicted octanol–water partition coefficient (Wildman–Crippen LogP) is 1.86. The summed E-state index contributed by atoms with van der Waals surface area (Å²) in [4.78, 5) is 13.3. The van der Waals surface area contributed by atoms with Gasteiger partial charge in [-0.15, -0.1) is 0 Å². The molecule has 1 saturated carbocycles. The zero-order valence-corrected chi connectivity index (χ0v) is 16.3. The quantitative estimate of drug-likeness (QED) is 0.719. The van der Waals surface area contributed by atoms with Crippen molar-refractivity contribution in [1.82, 2.24) is 20.3 Å². The van der Waals surface area contributed by atoms with E-state index in [2.05, 4.69) is 36.1 Å². The highest BCUT2D eigenvalue weighted by Gasteiger charge is 2.42. The van der Waals surface area contributed by atoms with Crippen LogP contribution in [0, 0.1) is 11.8 Å². The number of nitrogens with one attached hydrogen (secondary N) is 1. The van der Waals surface area contributed by atoms with Crippen LogP contribution in [0.4, 0.5) is 0 Å². The molecule has 1 fully saturated rings. The third-order valence-electron chi connectivity index (χ3n) is 5.39. The van der Waals surface area contributed by atoms with Crippen LogP contribution in [0.2, 0.25) is 0 Å². The second-order valence-electron chi connectivity index (χ2n) is 8.49. The largest absolute Gasteiger partial charge is 0.396 e. The van der Waals surface area contributed by atoms with Crippen molar-refractivity contribution in [3.8, 4) is 0 Å². The summed E-state index contributed by atoms with van der Waals surface area (Å²) in [5.74, 6) is 0.785. The minimum atomic E-state index is -0.504. The Morgan fingerprint density at radius 1 is 1.19 bits per heavy atom. The van der Waals surface area contributed by atoms with Gasteiger partial charge in [0.15, 0.2) is 0 Å². The van der Waals surface area contributed by atoms with E-state index >= 15 is 0 Å². The van der Waals surface area contributed by atoms with Gasteiger partial charge in [0.2, 0.25) is 0 Å². The van der Waals surface area contributed by atoms with Crippen LogP contribution in [0.5, 0.6) is 0 Å². The summed E-state index contributed by atoms with van der Waals surface area (Å²) in [5.41, 5.74) is 1.95. The van der Waals surface area contributed by atoms with Crippen molar-refractivity contribution in [3.05, 3.63) is 53.9 Å². The predicted molar refractivity (Wildman–Crippen MR) is 104 cm³/mol. The molecule has 3 rings (SSSR count). The van der Waals surface area contributed by atoms with Crippen molar-refractivity contribution < 1.29 is 10.2 Å². The molecular formula is C21H30N4O2. The number of pyridine rings is 1. The van der Waals surface area contributed by atoms with E-state index in [-0.39, 0.29) is 29.9 Å². The molecule has 4 atom stereocenters. The molecule has 1 aliphatic carbocycles. The molecule has 0 saturated heterocycles. The maximum atomic E-state index is 10.4. The fraction of sp³-hybridized carbons (Fsp3) is 0.571. The molecule has 146 valence electrons. The zero-order chi connectivity index (χ0) is 19.4. The number of aliphatic hydroxyl groups excluding tert-OH is 2. The molecule has 2 aromatic heterocycles. The van der Waals surface area contributed by atoms with Crippen LogP contribution >= 0.6 is 0 Å². The van der Waals surface area contributed by atoms with Crippen molar-refractivity contribution in [2.75, 3.05) is 6.61 Å². The Morgan fingerprint density at radius 2 is 2.00 bits per heavy atom. The van der Waals surface area contributed by atoms with Crippen LogP contribution in [0.3, 0.4) is 0 Å². The summed E-state index contributed by atoms with van der Waals surface area (Å²) in [5, 5.41) is 23.8. The van der Waals surface area contributed by atoms with Crippen LogP contribution in [-0.2, 0) is 18.4 Å². The molecule has 0 radical (unpaired) electrons. The minimum absolute atomic E-state index is 0.0197. The lowest BCUT2D eigenvalue weighted by Crippen LogP contribution is -2.36. The average Bonchev–Trinajstić information content (AvgIpc) is 2.95. The van der Waals surface area contributed by atoms with Gasteiger partial charge in [0.25, 0.3) is 0 Å². The van der Waals surface area contributed by atoms with Gasteiger partial charge < -0.3 is 15.5 Å². The number of nitrogens with zero attached hydrogens (tertiary/aromatic N) is 3. The molecule has 3 N–H and O–H groups in total. The minimum Gasteiger partial charge on any atom is -0.396 e. The average molecular weight is 370 g/mol. The van der Waals surface area contributed by atoms with Gasteiger partial charge in [-0.25, -0.2) is 9.97 Å². The van der Waals surface area contributed by atoms with Crippen molar-refractivity contribution >= 4 is 0 Å². The van der Waals surface area contributed by atoms with Crippen molar-refractivity contribution in [2.24, 2.45) is 11.8 Å². The van der Waals surface area contributed by atoms with Crippen LogP contribution in [0.15, 0.2) is 36.8 Å². The van der Waals surface area contributed by atoms with E-state index in [1.54, 1.807) is 12.4 Å². The number of aromatic nitrogens is 3. The summed E-state index contributed by atoms with van der Waals surface area (Å²) >= 11 is 0. The fourth-order valence-corrected chi connectivity index (χ4v) is 3.84. The number of rotatable bonds is 6. The van der Waals surface area contributed by atoms with E-state index < -0.39 is 6.10 Å². The zero-order valence-electron chi connectivity index (χ0n) is 16.3. The number of hydrogen-bond acceptors (Lipinski definition) is 6. The second kappa shape index (κ2) is 8.42. The highest BCUT2D eigenvalue weighted by atomic mass is 16.3. The summed E-state index contributed by atoms with van der Waals surface area (Å²) < 4.78 is 0. The Labute approximate surface area is 161 Å². The lowest BCUT2D eigenvalue weighted by atomic mass is 9.88. The van der Waals surface area contributed by atoms with E-state index in [1.807, 2.05) is 24.4 Å². The summed E-state index contributed by atoms with van der Waals surface area (Å²) in [6.07, 6.45) is 6.24. The lowest BCUT2D eigenvalue weighted by molar-refractivity contribution is 0.0715. The third kappa shape index (κ3) is 4.89. The first-order chi connectivity index (χ1) is 12.9. The molecule has 0 bridgehead atoms. The molecular weight excluding hydrogens is 340 g/mol. The monoisotopic (exact) mass is 370 g/mol. The first-order valence-electron chi connectivity index (χ1n) is 9.62. The molecule has 27 heavy (non-hydrogen) atoms. The molecule has 1 aliphatic rings. The molecule has 6 nitrogen and oxygen atoms in total. The van der Waals surface area contributed by atoms with Crippen LogP contribution in [0.1, 0.15) is 44.3 Å². The summed E-state index contributed by atoms with van der Waals surface area (Å²) in [7, 11) is 0. The normalized spacial score (nSPS) is 25.7. The Kier molecular flexibility index (Phi) is 6.19. The van der Waals surface area contributed by atoms with Crippen LogP contribution in [-0.4, -0.2) is 43.9 Å². The van der Waals surface area contributed by atoms with Gasteiger partial charge in [-0.3, -0.25) is 4.98 Å². The maximum absolute atomic E-state index is 10.4. The van der Waals surface area contributed by atoms with Crippen LogP contribution in [0.25, 0.3) is 0 Å². The first-order valence-corrected chi connectivity index (χ1v) is 9.62. The maximum Gasteiger partial charge on any atom is 0.133 e. The van der Waals surface area contributed by atoms with Crippen LogP contribution < -0.4 is 5.32 Å². The Bertz CT molecular complexity index is 732. The van der Waals surface area contributed by atoms with Gasteiger partial charge in [-0.1, -0.05) is 26.8 Å². The SMILES string of the molecule is CC(C)(C)c1nccc(CC2C(NCc3cccnc3)CC(O)C2CO)n1. The first kappa shape index (κ1) is 19.9. The summed E-state index contributed by atoms with van der Waals surface area (Å²) in [6, 6.07) is 6.00. The topological polar surface area (TPSA) is 91.2 Å². The second-order valence-corrected chi connectivity index (χ2v) is 8.49. The molecule has 6 heteroatoms. The molecule has 0 amide bonds. The third-order valence-corrected chi connectivity index (χ3v) is 5.39.